The molecule has 1 N–H and O–H groups in total. The van der Waals surface area contributed by atoms with Crippen molar-refractivity contribution in [3.05, 3.63) is 23.9 Å². The number of piperidine rings is 1. The maximum atomic E-state index is 13.0. The summed E-state index contributed by atoms with van der Waals surface area (Å²) in [6.07, 6.45) is 7.24. The van der Waals surface area contributed by atoms with Crippen molar-refractivity contribution >= 4 is 17.7 Å². The average molecular weight is 343 g/mol. The smallest absolute Gasteiger partial charge is 0.308 e. The Kier molecular flexibility index (Phi) is 4.36. The number of carboxylic acids is 1. The quantitative estimate of drug-likeness (QED) is 0.908. The van der Waals surface area contributed by atoms with Crippen LogP contribution in [0.2, 0.25) is 0 Å². The number of hydrogen-bond acceptors (Lipinski definition) is 4. The van der Waals surface area contributed by atoms with E-state index in [1.165, 1.54) is 6.42 Å². The van der Waals surface area contributed by atoms with Crippen molar-refractivity contribution in [2.75, 3.05) is 31.1 Å². The summed E-state index contributed by atoms with van der Waals surface area (Å²) >= 11 is 0. The Morgan fingerprint density at radius 3 is 2.56 bits per heavy atom. The van der Waals surface area contributed by atoms with Gasteiger partial charge < -0.3 is 14.9 Å². The van der Waals surface area contributed by atoms with Crippen LogP contribution in [0.3, 0.4) is 0 Å². The van der Waals surface area contributed by atoms with E-state index < -0.39 is 5.97 Å². The Morgan fingerprint density at radius 1 is 1.12 bits per heavy atom. The van der Waals surface area contributed by atoms with E-state index >= 15 is 0 Å². The third-order valence-corrected chi connectivity index (χ3v) is 5.87. The summed E-state index contributed by atoms with van der Waals surface area (Å²) in [5.41, 5.74) is 0.616. The van der Waals surface area contributed by atoms with Crippen molar-refractivity contribution < 1.29 is 14.7 Å². The van der Waals surface area contributed by atoms with Gasteiger partial charge in [-0.2, -0.15) is 0 Å². The molecule has 0 bridgehead atoms. The minimum Gasteiger partial charge on any atom is -0.481 e. The number of nitrogens with zero attached hydrogens (tertiary/aromatic N) is 3. The molecular formula is C19H25N3O3. The van der Waals surface area contributed by atoms with E-state index in [4.69, 9.17) is 0 Å². The lowest BCUT2D eigenvalue weighted by Crippen LogP contribution is -2.37. The predicted octanol–water partition coefficient (Wildman–Crippen LogP) is 2.25. The number of aromatic nitrogens is 1. The van der Waals surface area contributed by atoms with Crippen molar-refractivity contribution in [3.8, 4) is 0 Å². The van der Waals surface area contributed by atoms with Gasteiger partial charge >= 0.3 is 5.97 Å². The van der Waals surface area contributed by atoms with Crippen molar-refractivity contribution in [2.45, 2.75) is 32.1 Å². The number of amides is 1. The fourth-order valence-electron chi connectivity index (χ4n) is 4.35. The largest absolute Gasteiger partial charge is 0.481 e. The summed E-state index contributed by atoms with van der Waals surface area (Å²) in [7, 11) is 0. The van der Waals surface area contributed by atoms with Crippen molar-refractivity contribution in [1.29, 1.82) is 0 Å². The van der Waals surface area contributed by atoms with Gasteiger partial charge in [0.05, 0.1) is 11.5 Å². The first kappa shape index (κ1) is 16.4. The molecule has 6 nitrogen and oxygen atoms in total. The number of carboxylic acid groups (broad SMARTS) is 1. The second-order valence-electron chi connectivity index (χ2n) is 7.58. The fourth-order valence-corrected chi connectivity index (χ4v) is 4.35. The topological polar surface area (TPSA) is 73.7 Å². The van der Waals surface area contributed by atoms with Gasteiger partial charge in [0, 0.05) is 32.4 Å². The van der Waals surface area contributed by atoms with Gasteiger partial charge in [-0.15, -0.1) is 0 Å². The Balaban J connectivity index is 1.58. The average Bonchev–Trinajstić information content (AvgIpc) is 3.40. The molecule has 2 aliphatic heterocycles. The number of pyridine rings is 1. The summed E-state index contributed by atoms with van der Waals surface area (Å²) in [6, 6.07) is 3.63. The van der Waals surface area contributed by atoms with E-state index in [1.807, 2.05) is 15.9 Å². The maximum Gasteiger partial charge on any atom is 0.308 e. The highest BCUT2D eigenvalue weighted by Gasteiger charge is 2.46. The molecule has 0 spiro atoms. The third-order valence-electron chi connectivity index (χ3n) is 5.87. The summed E-state index contributed by atoms with van der Waals surface area (Å²) in [6.45, 7) is 2.75. The molecule has 1 aliphatic carbocycles. The first-order chi connectivity index (χ1) is 12.1. The Labute approximate surface area is 147 Å². The summed E-state index contributed by atoms with van der Waals surface area (Å²) < 4.78 is 0. The van der Waals surface area contributed by atoms with E-state index in [2.05, 4.69) is 4.98 Å². The van der Waals surface area contributed by atoms with Crippen LogP contribution in [0.1, 0.15) is 42.5 Å². The SMILES string of the molecule is O=C(O)[C@@H]1CN(c2ncccc2C(=O)N2CCCCC2)C[C@H]1C1CC1. The molecule has 1 aromatic heterocycles. The molecule has 3 fully saturated rings. The lowest BCUT2D eigenvalue weighted by molar-refractivity contribution is -0.142. The van der Waals surface area contributed by atoms with Gasteiger partial charge in [0.2, 0.25) is 0 Å². The predicted molar refractivity (Wildman–Crippen MR) is 93.5 cm³/mol. The molecule has 0 unspecified atom stereocenters. The van der Waals surface area contributed by atoms with Crippen LogP contribution in [0.4, 0.5) is 5.82 Å². The first-order valence-corrected chi connectivity index (χ1v) is 9.37. The summed E-state index contributed by atoms with van der Waals surface area (Å²) in [5, 5.41) is 9.59. The highest BCUT2D eigenvalue weighted by atomic mass is 16.4. The van der Waals surface area contributed by atoms with Crippen molar-refractivity contribution in [1.82, 2.24) is 9.88 Å². The molecular weight excluding hydrogens is 318 g/mol. The van der Waals surface area contributed by atoms with Crippen molar-refractivity contribution in [2.24, 2.45) is 17.8 Å². The zero-order valence-electron chi connectivity index (χ0n) is 14.4. The highest BCUT2D eigenvalue weighted by molar-refractivity contribution is 5.99. The van der Waals surface area contributed by atoms with Crippen LogP contribution in [0.5, 0.6) is 0 Å². The number of carbonyl (C=O) groups is 2. The molecule has 0 radical (unpaired) electrons. The molecule has 0 aromatic carbocycles. The maximum absolute atomic E-state index is 13.0. The molecule has 2 saturated heterocycles. The lowest BCUT2D eigenvalue weighted by atomic mass is 9.92. The zero-order valence-corrected chi connectivity index (χ0v) is 14.4. The normalized spacial score (nSPS) is 26.7. The van der Waals surface area contributed by atoms with Crippen LogP contribution < -0.4 is 4.90 Å². The molecule has 4 rings (SSSR count). The summed E-state index contributed by atoms with van der Waals surface area (Å²) in [5.74, 6) is 0.317. The second-order valence-corrected chi connectivity index (χ2v) is 7.58. The molecule has 3 aliphatic rings. The molecule has 2 atom stereocenters. The molecule has 3 heterocycles. The van der Waals surface area contributed by atoms with Gasteiger partial charge in [-0.25, -0.2) is 4.98 Å². The highest BCUT2D eigenvalue weighted by Crippen LogP contribution is 2.45. The monoisotopic (exact) mass is 343 g/mol. The second kappa shape index (κ2) is 6.65. The van der Waals surface area contributed by atoms with E-state index in [1.54, 1.807) is 12.3 Å². The summed E-state index contributed by atoms with van der Waals surface area (Å²) in [4.78, 5) is 33.0. The zero-order chi connectivity index (χ0) is 17.4. The standard InChI is InChI=1S/C19H25N3O3/c23-18(21-9-2-1-3-10-21)14-5-4-8-20-17(14)22-11-15(13-6-7-13)16(12-22)19(24)25/h4-5,8,13,15-16H,1-3,6-7,9-12H2,(H,24,25)/t15-,16+/m0/s1. The van der Waals surface area contributed by atoms with Crippen LogP contribution in [0.25, 0.3) is 0 Å². The van der Waals surface area contributed by atoms with Crippen LogP contribution >= 0.6 is 0 Å². The molecule has 134 valence electrons. The Hall–Kier alpha value is -2.11. The number of aliphatic carboxylic acids is 1. The molecule has 6 heteroatoms. The van der Waals surface area contributed by atoms with Gasteiger partial charge in [0.25, 0.3) is 5.91 Å². The van der Waals surface area contributed by atoms with Gasteiger partial charge in [0.15, 0.2) is 0 Å². The van der Waals surface area contributed by atoms with E-state index in [9.17, 15) is 14.7 Å². The molecule has 1 amide bonds. The van der Waals surface area contributed by atoms with E-state index in [0.717, 1.165) is 38.8 Å². The number of anilines is 1. The fraction of sp³-hybridized carbons (Fsp3) is 0.632. The minimum atomic E-state index is -0.723. The van der Waals surface area contributed by atoms with Crippen LogP contribution in [-0.2, 0) is 4.79 Å². The molecule has 1 saturated carbocycles. The van der Waals surface area contributed by atoms with E-state index in [-0.39, 0.29) is 17.7 Å². The van der Waals surface area contributed by atoms with E-state index in [0.29, 0.717) is 30.4 Å². The Morgan fingerprint density at radius 2 is 1.88 bits per heavy atom. The molecule has 25 heavy (non-hydrogen) atoms. The van der Waals surface area contributed by atoms with Crippen LogP contribution in [0, 0.1) is 17.8 Å². The van der Waals surface area contributed by atoms with Crippen molar-refractivity contribution in [3.63, 3.8) is 0 Å². The lowest BCUT2D eigenvalue weighted by Gasteiger charge is -2.28. The van der Waals surface area contributed by atoms with Gasteiger partial charge in [-0.3, -0.25) is 9.59 Å². The number of hydrogen-bond donors (Lipinski definition) is 1. The van der Waals surface area contributed by atoms with Gasteiger partial charge in [-0.05, 0) is 56.1 Å². The molecule has 1 aromatic rings. The Bertz CT molecular complexity index is 668. The number of likely N-dealkylation sites (tertiary alicyclic amines) is 1. The van der Waals surface area contributed by atoms with Crippen LogP contribution in [0.15, 0.2) is 18.3 Å². The van der Waals surface area contributed by atoms with Crippen LogP contribution in [-0.4, -0.2) is 53.0 Å². The first-order valence-electron chi connectivity index (χ1n) is 9.37. The third kappa shape index (κ3) is 3.22. The van der Waals surface area contributed by atoms with Gasteiger partial charge in [-0.1, -0.05) is 0 Å². The number of carbonyl (C=O) groups excluding carboxylic acids is 1. The number of rotatable bonds is 4. The van der Waals surface area contributed by atoms with Gasteiger partial charge in [0.1, 0.15) is 5.82 Å². The minimum absolute atomic E-state index is 0.0320.